The van der Waals surface area contributed by atoms with Crippen molar-refractivity contribution in [2.45, 2.75) is 33.4 Å². The summed E-state index contributed by atoms with van der Waals surface area (Å²) in [5.41, 5.74) is 2.93. The van der Waals surface area contributed by atoms with Gasteiger partial charge in [0.15, 0.2) is 0 Å². The zero-order chi connectivity index (χ0) is 17.8. The molecule has 2 aromatic rings. The second-order valence-electron chi connectivity index (χ2n) is 7.52. The van der Waals surface area contributed by atoms with Crippen molar-refractivity contribution in [3.05, 3.63) is 53.6 Å². The van der Waals surface area contributed by atoms with Gasteiger partial charge in [-0.2, -0.15) is 0 Å². The van der Waals surface area contributed by atoms with Gasteiger partial charge in [0.25, 0.3) is 5.91 Å². The van der Waals surface area contributed by atoms with Gasteiger partial charge in [-0.3, -0.25) is 9.69 Å². The Kier molecular flexibility index (Phi) is 5.53. The van der Waals surface area contributed by atoms with E-state index in [1.54, 1.807) is 17.1 Å². The molecule has 0 saturated carbocycles. The zero-order valence-corrected chi connectivity index (χ0v) is 15.4. The zero-order valence-electron chi connectivity index (χ0n) is 15.4. The number of carbonyl (C=O) groups excluding carboxylic acids is 1. The molecule has 3 rings (SSSR count). The summed E-state index contributed by atoms with van der Waals surface area (Å²) in [6.07, 6.45) is 4.69. The van der Waals surface area contributed by atoms with Crippen molar-refractivity contribution in [3.8, 4) is 0 Å². The number of nitrogens with one attached hydrogen (secondary N) is 1. The second-order valence-corrected chi connectivity index (χ2v) is 7.52. The number of piperidine rings is 1. The van der Waals surface area contributed by atoms with Gasteiger partial charge in [-0.15, -0.1) is 0 Å². The maximum atomic E-state index is 12.2. The molecule has 0 aliphatic carbocycles. The molecule has 1 fully saturated rings. The van der Waals surface area contributed by atoms with Crippen molar-refractivity contribution in [1.82, 2.24) is 19.8 Å². The maximum absolute atomic E-state index is 12.2. The molecule has 2 atom stereocenters. The van der Waals surface area contributed by atoms with Gasteiger partial charge in [0.05, 0.1) is 6.33 Å². The number of amides is 1. The van der Waals surface area contributed by atoms with Crippen LogP contribution in [0.1, 0.15) is 41.9 Å². The van der Waals surface area contributed by atoms with Crippen molar-refractivity contribution in [2.75, 3.05) is 13.1 Å². The molecule has 1 saturated heterocycles. The van der Waals surface area contributed by atoms with E-state index in [0.717, 1.165) is 31.5 Å². The average molecular weight is 340 g/mol. The highest BCUT2D eigenvalue weighted by Crippen LogP contribution is 2.23. The summed E-state index contributed by atoms with van der Waals surface area (Å²) in [5, 5.41) is 2.99. The van der Waals surface area contributed by atoms with Crippen molar-refractivity contribution < 1.29 is 4.79 Å². The molecule has 2 heterocycles. The summed E-state index contributed by atoms with van der Waals surface area (Å²) in [4.78, 5) is 18.9. The number of carbonyl (C=O) groups is 1. The quantitative estimate of drug-likeness (QED) is 0.910. The van der Waals surface area contributed by atoms with E-state index < -0.39 is 0 Å². The number of aromatic nitrogens is 2. The number of nitrogens with zero attached hydrogens (tertiary/aromatic N) is 3. The first kappa shape index (κ1) is 17.7. The SMILES string of the molecule is CC1CC(C)CN(Cc2ccccc2CNC(=O)c2cn(C)cn2)C1. The first-order valence-corrected chi connectivity index (χ1v) is 9.06. The third-order valence-electron chi connectivity index (χ3n) is 4.83. The van der Waals surface area contributed by atoms with Crippen molar-refractivity contribution in [1.29, 1.82) is 0 Å². The summed E-state index contributed by atoms with van der Waals surface area (Å²) in [6.45, 7) is 8.45. The molecule has 0 radical (unpaired) electrons. The number of rotatable bonds is 5. The molecule has 5 nitrogen and oxygen atoms in total. The highest BCUT2D eigenvalue weighted by molar-refractivity contribution is 5.91. The Labute approximate surface area is 150 Å². The third-order valence-corrected chi connectivity index (χ3v) is 4.83. The fourth-order valence-corrected chi connectivity index (χ4v) is 3.84. The number of benzene rings is 1. The summed E-state index contributed by atoms with van der Waals surface area (Å²) in [6, 6.07) is 8.39. The molecule has 0 bridgehead atoms. The fourth-order valence-electron chi connectivity index (χ4n) is 3.84. The standard InChI is InChI=1S/C20H28N4O/c1-15-8-16(2)11-24(10-15)12-18-7-5-4-6-17(18)9-21-20(25)19-13-23(3)14-22-19/h4-7,13-16H,8-12H2,1-3H3,(H,21,25). The normalized spacial score (nSPS) is 21.2. The van der Waals surface area contributed by atoms with E-state index in [1.807, 2.05) is 13.1 Å². The third kappa shape index (κ3) is 4.69. The van der Waals surface area contributed by atoms with Crippen LogP contribution in [0.2, 0.25) is 0 Å². The van der Waals surface area contributed by atoms with Crippen LogP contribution in [0, 0.1) is 11.8 Å². The first-order chi connectivity index (χ1) is 12.0. The molecule has 1 aromatic carbocycles. The Morgan fingerprint density at radius 2 is 1.88 bits per heavy atom. The van der Waals surface area contributed by atoms with Crippen LogP contribution in [0.5, 0.6) is 0 Å². The molecule has 0 spiro atoms. The van der Waals surface area contributed by atoms with Gasteiger partial charge in [0, 0.05) is 39.4 Å². The predicted octanol–water partition coefficient (Wildman–Crippen LogP) is 2.83. The number of hydrogen-bond donors (Lipinski definition) is 1. The van der Waals surface area contributed by atoms with E-state index in [-0.39, 0.29) is 5.91 Å². The monoisotopic (exact) mass is 340 g/mol. The van der Waals surface area contributed by atoms with Crippen LogP contribution in [-0.2, 0) is 20.1 Å². The predicted molar refractivity (Wildman–Crippen MR) is 99.0 cm³/mol. The van der Waals surface area contributed by atoms with Gasteiger partial charge in [0.1, 0.15) is 5.69 Å². The molecule has 5 heteroatoms. The van der Waals surface area contributed by atoms with E-state index >= 15 is 0 Å². The Hall–Kier alpha value is -2.14. The lowest BCUT2D eigenvalue weighted by Gasteiger charge is -2.35. The first-order valence-electron chi connectivity index (χ1n) is 9.06. The van der Waals surface area contributed by atoms with Crippen LogP contribution in [0.3, 0.4) is 0 Å². The molecular formula is C20H28N4O. The smallest absolute Gasteiger partial charge is 0.271 e. The van der Waals surface area contributed by atoms with E-state index in [1.165, 1.54) is 17.5 Å². The van der Waals surface area contributed by atoms with Gasteiger partial charge in [-0.05, 0) is 29.4 Å². The lowest BCUT2D eigenvalue weighted by atomic mass is 9.91. The van der Waals surface area contributed by atoms with Gasteiger partial charge >= 0.3 is 0 Å². The number of likely N-dealkylation sites (tertiary alicyclic amines) is 1. The van der Waals surface area contributed by atoms with Crippen LogP contribution in [-0.4, -0.2) is 33.4 Å². The minimum Gasteiger partial charge on any atom is -0.347 e. The summed E-state index contributed by atoms with van der Waals surface area (Å²) >= 11 is 0. The van der Waals surface area contributed by atoms with E-state index in [0.29, 0.717) is 12.2 Å². The molecule has 1 amide bonds. The van der Waals surface area contributed by atoms with Crippen molar-refractivity contribution in [3.63, 3.8) is 0 Å². The molecular weight excluding hydrogens is 312 g/mol. The topological polar surface area (TPSA) is 50.2 Å². The van der Waals surface area contributed by atoms with E-state index in [9.17, 15) is 4.79 Å². The van der Waals surface area contributed by atoms with Crippen LogP contribution >= 0.6 is 0 Å². The largest absolute Gasteiger partial charge is 0.347 e. The lowest BCUT2D eigenvalue weighted by molar-refractivity contribution is 0.0946. The fraction of sp³-hybridized carbons (Fsp3) is 0.500. The Balaban J connectivity index is 1.63. The highest BCUT2D eigenvalue weighted by Gasteiger charge is 2.22. The Morgan fingerprint density at radius 3 is 2.52 bits per heavy atom. The Morgan fingerprint density at radius 1 is 1.20 bits per heavy atom. The van der Waals surface area contributed by atoms with Gasteiger partial charge in [-0.1, -0.05) is 38.1 Å². The van der Waals surface area contributed by atoms with Crippen LogP contribution in [0.4, 0.5) is 0 Å². The van der Waals surface area contributed by atoms with Gasteiger partial charge in [-0.25, -0.2) is 4.98 Å². The average Bonchev–Trinajstić information content (AvgIpc) is 2.99. The number of hydrogen-bond acceptors (Lipinski definition) is 3. The Bertz CT molecular complexity index is 714. The van der Waals surface area contributed by atoms with Gasteiger partial charge < -0.3 is 9.88 Å². The van der Waals surface area contributed by atoms with Crippen molar-refractivity contribution in [2.24, 2.45) is 18.9 Å². The van der Waals surface area contributed by atoms with E-state index in [2.05, 4.69) is 47.2 Å². The molecule has 134 valence electrons. The van der Waals surface area contributed by atoms with Gasteiger partial charge in [0.2, 0.25) is 0 Å². The molecule has 1 aliphatic heterocycles. The molecule has 25 heavy (non-hydrogen) atoms. The summed E-state index contributed by atoms with van der Waals surface area (Å²) in [7, 11) is 1.86. The van der Waals surface area contributed by atoms with Crippen LogP contribution < -0.4 is 5.32 Å². The minimum absolute atomic E-state index is 0.129. The molecule has 1 N–H and O–H groups in total. The second kappa shape index (κ2) is 7.83. The number of aryl methyl sites for hydroxylation is 1. The molecule has 1 aliphatic rings. The van der Waals surface area contributed by atoms with Crippen LogP contribution in [0.15, 0.2) is 36.8 Å². The number of imidazole rings is 1. The maximum Gasteiger partial charge on any atom is 0.271 e. The van der Waals surface area contributed by atoms with E-state index in [4.69, 9.17) is 0 Å². The summed E-state index contributed by atoms with van der Waals surface area (Å²) in [5.74, 6) is 1.37. The molecule has 2 unspecified atom stereocenters. The highest BCUT2D eigenvalue weighted by atomic mass is 16.1. The van der Waals surface area contributed by atoms with Crippen molar-refractivity contribution >= 4 is 5.91 Å². The molecule has 1 aromatic heterocycles. The minimum atomic E-state index is -0.129. The lowest BCUT2D eigenvalue weighted by Crippen LogP contribution is -2.38. The van der Waals surface area contributed by atoms with Crippen LogP contribution in [0.25, 0.3) is 0 Å². The summed E-state index contributed by atoms with van der Waals surface area (Å²) < 4.78 is 1.78.